The number of benzene rings is 3. The molecule has 0 unspecified atom stereocenters. The van der Waals surface area contributed by atoms with E-state index in [1.807, 2.05) is 6.92 Å². The van der Waals surface area contributed by atoms with Crippen molar-refractivity contribution in [2.75, 3.05) is 7.11 Å². The average molecular weight is 570 g/mol. The van der Waals surface area contributed by atoms with Gasteiger partial charge in [0.25, 0.3) is 0 Å². The molecule has 4 rings (SSSR count). The maximum Gasteiger partial charge on any atom is 0.433 e. The highest BCUT2D eigenvalue weighted by atomic mass is 19.4. The molecule has 0 aliphatic rings. The van der Waals surface area contributed by atoms with Gasteiger partial charge < -0.3 is 19.3 Å². The fourth-order valence-electron chi connectivity index (χ4n) is 4.16. The van der Waals surface area contributed by atoms with Gasteiger partial charge in [0.2, 0.25) is 0 Å². The van der Waals surface area contributed by atoms with E-state index in [1.165, 1.54) is 31.4 Å². The van der Waals surface area contributed by atoms with E-state index in [-0.39, 0.29) is 30.1 Å². The van der Waals surface area contributed by atoms with Crippen LogP contribution in [0.1, 0.15) is 42.1 Å². The first-order valence-corrected chi connectivity index (χ1v) is 12.7. The normalized spacial score (nSPS) is 11.9. The van der Waals surface area contributed by atoms with Crippen LogP contribution >= 0.6 is 0 Å². The van der Waals surface area contributed by atoms with E-state index in [0.717, 1.165) is 6.07 Å². The summed E-state index contributed by atoms with van der Waals surface area (Å²) < 4.78 is 70.2. The minimum absolute atomic E-state index is 0.0357. The molecule has 1 heterocycles. The molecule has 0 atom stereocenters. The standard InChI is InChI=1S/C31H27F4NO5/c1-3-5-21(30(37)38)14-22-15-24(9-11-27(22)41-18-19-6-4-7-23(32)12-19)40-17-20-8-10-26-25(13-20)28(39-2)16-29(36-26)31(33,34)35/h4,6-16H,3,5,17-18H2,1-2H3,(H,37,38)/b21-14+. The molecular formula is C31H27F4NO5. The Hall–Kier alpha value is -4.60. The lowest BCUT2D eigenvalue weighted by Crippen LogP contribution is -2.08. The van der Waals surface area contributed by atoms with Gasteiger partial charge in [-0.3, -0.25) is 0 Å². The predicted octanol–water partition coefficient (Wildman–Crippen LogP) is 7.83. The van der Waals surface area contributed by atoms with Gasteiger partial charge in [0.05, 0.1) is 12.6 Å². The van der Waals surface area contributed by atoms with Crippen LogP contribution in [0, 0.1) is 5.82 Å². The highest BCUT2D eigenvalue weighted by molar-refractivity contribution is 5.92. The fourth-order valence-corrected chi connectivity index (χ4v) is 4.16. The van der Waals surface area contributed by atoms with Gasteiger partial charge in [-0.15, -0.1) is 0 Å². The summed E-state index contributed by atoms with van der Waals surface area (Å²) in [7, 11) is 1.29. The SMILES string of the molecule is CCC/C(=C\c1cc(OCc2ccc3nc(C(F)(F)F)cc(OC)c3c2)ccc1OCc1cccc(F)c1)C(=O)O. The molecule has 1 N–H and O–H groups in total. The second-order valence-corrected chi connectivity index (χ2v) is 9.19. The first kappa shape index (κ1) is 29.4. The summed E-state index contributed by atoms with van der Waals surface area (Å²) in [4.78, 5) is 15.5. The first-order chi connectivity index (χ1) is 19.6. The Labute approximate surface area is 233 Å². The van der Waals surface area contributed by atoms with E-state index in [2.05, 4.69) is 4.98 Å². The van der Waals surface area contributed by atoms with Crippen LogP contribution in [0.25, 0.3) is 17.0 Å². The molecule has 41 heavy (non-hydrogen) atoms. The maximum atomic E-state index is 13.6. The fraction of sp³-hybridized carbons (Fsp3) is 0.226. The number of halogens is 4. The van der Waals surface area contributed by atoms with Gasteiger partial charge in [0.1, 0.15) is 42.0 Å². The molecule has 4 aromatic rings. The van der Waals surface area contributed by atoms with Gasteiger partial charge in [0, 0.05) is 22.6 Å². The van der Waals surface area contributed by atoms with Crippen molar-refractivity contribution in [3.8, 4) is 17.2 Å². The lowest BCUT2D eigenvalue weighted by molar-refractivity contribution is -0.141. The van der Waals surface area contributed by atoms with Gasteiger partial charge in [0.15, 0.2) is 0 Å². The minimum atomic E-state index is -4.61. The van der Waals surface area contributed by atoms with Crippen LogP contribution < -0.4 is 14.2 Å². The number of rotatable bonds is 11. The van der Waals surface area contributed by atoms with E-state index in [0.29, 0.717) is 46.4 Å². The number of carbonyl (C=O) groups is 1. The van der Waals surface area contributed by atoms with Crippen molar-refractivity contribution in [1.82, 2.24) is 4.98 Å². The number of carboxylic acids is 1. The molecule has 1 aromatic heterocycles. The van der Waals surface area contributed by atoms with E-state index in [4.69, 9.17) is 14.2 Å². The zero-order valence-corrected chi connectivity index (χ0v) is 22.3. The Bertz CT molecular complexity index is 1580. The number of aromatic nitrogens is 1. The van der Waals surface area contributed by atoms with Crippen LogP contribution in [0.4, 0.5) is 17.6 Å². The number of ether oxygens (including phenoxy) is 3. The number of hydrogen-bond acceptors (Lipinski definition) is 5. The summed E-state index contributed by atoms with van der Waals surface area (Å²) in [5, 5.41) is 10.0. The van der Waals surface area contributed by atoms with Crippen molar-refractivity contribution in [2.45, 2.75) is 39.2 Å². The molecule has 6 nitrogen and oxygen atoms in total. The number of alkyl halides is 3. The number of carboxylic acid groups (broad SMARTS) is 1. The van der Waals surface area contributed by atoms with Crippen LogP contribution in [-0.2, 0) is 24.2 Å². The summed E-state index contributed by atoms with van der Waals surface area (Å²) in [6.07, 6.45) is -2.13. The quantitative estimate of drug-likeness (QED) is 0.147. The molecule has 214 valence electrons. The number of methoxy groups -OCH3 is 1. The highest BCUT2D eigenvalue weighted by Crippen LogP contribution is 2.35. The number of pyridine rings is 1. The molecule has 0 fully saturated rings. The Morgan fingerprint density at radius 1 is 0.951 bits per heavy atom. The average Bonchev–Trinajstić information content (AvgIpc) is 2.94. The molecule has 10 heteroatoms. The summed E-state index contributed by atoms with van der Waals surface area (Å²) >= 11 is 0. The van der Waals surface area contributed by atoms with Gasteiger partial charge >= 0.3 is 12.1 Å². The van der Waals surface area contributed by atoms with Crippen molar-refractivity contribution < 1.29 is 41.7 Å². The minimum Gasteiger partial charge on any atom is -0.496 e. The van der Waals surface area contributed by atoms with Crippen LogP contribution in [0.15, 0.2) is 72.3 Å². The Morgan fingerprint density at radius 3 is 2.39 bits per heavy atom. The second-order valence-electron chi connectivity index (χ2n) is 9.19. The summed E-state index contributed by atoms with van der Waals surface area (Å²) in [6.45, 7) is 2.00. The zero-order valence-electron chi connectivity index (χ0n) is 22.3. The Kier molecular flexibility index (Phi) is 9.11. The number of fused-ring (bicyclic) bond motifs is 1. The molecule has 0 spiro atoms. The Balaban J connectivity index is 1.60. The first-order valence-electron chi connectivity index (χ1n) is 12.7. The largest absolute Gasteiger partial charge is 0.496 e. The Morgan fingerprint density at radius 2 is 1.71 bits per heavy atom. The second kappa shape index (κ2) is 12.7. The van der Waals surface area contributed by atoms with Crippen LogP contribution in [0.5, 0.6) is 17.2 Å². The molecule has 0 radical (unpaired) electrons. The highest BCUT2D eigenvalue weighted by Gasteiger charge is 2.33. The predicted molar refractivity (Wildman–Crippen MR) is 145 cm³/mol. The third-order valence-electron chi connectivity index (χ3n) is 6.14. The molecule has 0 bridgehead atoms. The monoisotopic (exact) mass is 569 g/mol. The van der Waals surface area contributed by atoms with Crippen molar-refractivity contribution in [3.05, 3.63) is 101 Å². The van der Waals surface area contributed by atoms with Crippen molar-refractivity contribution in [3.63, 3.8) is 0 Å². The number of nitrogens with zero attached hydrogens (tertiary/aromatic N) is 1. The molecule has 0 saturated carbocycles. The van der Waals surface area contributed by atoms with Gasteiger partial charge in [-0.05, 0) is 66.1 Å². The van der Waals surface area contributed by atoms with Crippen molar-refractivity contribution in [2.24, 2.45) is 0 Å². The molecule has 0 aliphatic heterocycles. The zero-order chi connectivity index (χ0) is 29.6. The number of aliphatic carboxylic acids is 1. The van der Waals surface area contributed by atoms with Crippen LogP contribution in [0.2, 0.25) is 0 Å². The van der Waals surface area contributed by atoms with E-state index < -0.39 is 23.7 Å². The van der Waals surface area contributed by atoms with E-state index >= 15 is 0 Å². The third kappa shape index (κ3) is 7.53. The molecule has 0 saturated heterocycles. The van der Waals surface area contributed by atoms with Crippen molar-refractivity contribution in [1.29, 1.82) is 0 Å². The lowest BCUT2D eigenvalue weighted by atomic mass is 10.1. The molecule has 3 aromatic carbocycles. The van der Waals surface area contributed by atoms with E-state index in [9.17, 15) is 27.5 Å². The lowest BCUT2D eigenvalue weighted by Gasteiger charge is -2.14. The van der Waals surface area contributed by atoms with Crippen LogP contribution in [0.3, 0.4) is 0 Å². The van der Waals surface area contributed by atoms with Gasteiger partial charge in [-0.1, -0.05) is 31.5 Å². The molecule has 0 aliphatic carbocycles. The van der Waals surface area contributed by atoms with Gasteiger partial charge in [-0.25, -0.2) is 14.2 Å². The topological polar surface area (TPSA) is 77.9 Å². The molecular weight excluding hydrogens is 542 g/mol. The summed E-state index contributed by atoms with van der Waals surface area (Å²) in [5.41, 5.74) is 0.995. The maximum absolute atomic E-state index is 13.6. The number of hydrogen-bond donors (Lipinski definition) is 1. The third-order valence-corrected chi connectivity index (χ3v) is 6.14. The van der Waals surface area contributed by atoms with Gasteiger partial charge in [-0.2, -0.15) is 13.2 Å². The van der Waals surface area contributed by atoms with E-state index in [1.54, 1.807) is 42.5 Å². The smallest absolute Gasteiger partial charge is 0.433 e. The molecule has 0 amide bonds. The summed E-state index contributed by atoms with van der Waals surface area (Å²) in [5.74, 6) is -0.615. The summed E-state index contributed by atoms with van der Waals surface area (Å²) in [6, 6.07) is 16.5. The van der Waals surface area contributed by atoms with Crippen molar-refractivity contribution >= 4 is 22.9 Å². The van der Waals surface area contributed by atoms with Crippen LogP contribution in [-0.4, -0.2) is 23.2 Å².